The highest BCUT2D eigenvalue weighted by Crippen LogP contribution is 2.29. The summed E-state index contributed by atoms with van der Waals surface area (Å²) in [6, 6.07) is 12.5. The summed E-state index contributed by atoms with van der Waals surface area (Å²) < 4.78 is 18.4. The van der Waals surface area contributed by atoms with Crippen LogP contribution in [0.2, 0.25) is 0 Å². The van der Waals surface area contributed by atoms with Crippen LogP contribution in [-0.4, -0.2) is 71.0 Å². The molecule has 1 fully saturated rings. The molecule has 184 valence electrons. The molecule has 0 radical (unpaired) electrons. The lowest BCUT2D eigenvalue weighted by molar-refractivity contribution is -0.137. The molecule has 2 amide bonds. The highest BCUT2D eigenvalue weighted by atomic mass is 16.5. The third-order valence-electron chi connectivity index (χ3n) is 5.64. The summed E-state index contributed by atoms with van der Waals surface area (Å²) in [4.78, 5) is 31.0. The maximum atomic E-state index is 12.9. The van der Waals surface area contributed by atoms with Crippen LogP contribution in [0.4, 0.5) is 0 Å². The van der Waals surface area contributed by atoms with Crippen LogP contribution < -0.4 is 14.8 Å². The number of ether oxygens (including phenoxy) is 3. The maximum absolute atomic E-state index is 12.9. The van der Waals surface area contributed by atoms with Crippen molar-refractivity contribution in [1.29, 1.82) is 0 Å². The largest absolute Gasteiger partial charge is 0.490 e. The van der Waals surface area contributed by atoms with Gasteiger partial charge in [0.05, 0.1) is 31.5 Å². The fourth-order valence-corrected chi connectivity index (χ4v) is 3.70. The molecule has 10 nitrogen and oxygen atoms in total. The first-order valence-corrected chi connectivity index (χ1v) is 11.6. The van der Waals surface area contributed by atoms with Crippen molar-refractivity contribution >= 4 is 11.8 Å². The fourth-order valence-electron chi connectivity index (χ4n) is 3.70. The van der Waals surface area contributed by atoms with Gasteiger partial charge in [-0.25, -0.2) is 9.67 Å². The van der Waals surface area contributed by atoms with E-state index < -0.39 is 0 Å². The summed E-state index contributed by atoms with van der Waals surface area (Å²) >= 11 is 0. The Morgan fingerprint density at radius 1 is 1.09 bits per heavy atom. The molecule has 1 saturated heterocycles. The van der Waals surface area contributed by atoms with Crippen molar-refractivity contribution in [2.75, 3.05) is 39.5 Å². The lowest BCUT2D eigenvalue weighted by atomic mass is 10.1. The van der Waals surface area contributed by atoms with E-state index >= 15 is 0 Å². The van der Waals surface area contributed by atoms with Crippen LogP contribution in [0.5, 0.6) is 11.5 Å². The summed E-state index contributed by atoms with van der Waals surface area (Å²) in [5.41, 5.74) is 2.27. The van der Waals surface area contributed by atoms with Gasteiger partial charge in [0, 0.05) is 18.7 Å². The molecule has 10 heteroatoms. The number of hydrogen-bond acceptors (Lipinski definition) is 7. The smallest absolute Gasteiger partial charge is 0.260 e. The first-order valence-electron chi connectivity index (χ1n) is 11.6. The standard InChI is InChI=1S/C25H29N5O5/c1-3-34-23-14-20(6-9-22(23)35-15-24(31)29-10-12-33-13-11-29)25(32)28-18(2)19-4-7-21(8-5-19)30-17-26-16-27-30/h4-9,14,16-18H,3,10-13,15H2,1-2H3,(H,28,32)/t18-/m0/s1. The average molecular weight is 480 g/mol. The Kier molecular flexibility index (Phi) is 7.94. The second-order valence-corrected chi connectivity index (χ2v) is 8.00. The van der Waals surface area contributed by atoms with Crippen LogP contribution in [0.1, 0.15) is 35.8 Å². The molecule has 2 aromatic carbocycles. The molecule has 1 aromatic heterocycles. The molecular formula is C25H29N5O5. The minimum atomic E-state index is -0.241. The van der Waals surface area contributed by atoms with Gasteiger partial charge >= 0.3 is 0 Å². The Bertz CT molecular complexity index is 1130. The Morgan fingerprint density at radius 2 is 1.86 bits per heavy atom. The van der Waals surface area contributed by atoms with Gasteiger partial charge in [0.15, 0.2) is 18.1 Å². The molecule has 0 aliphatic carbocycles. The molecule has 0 unspecified atom stereocenters. The van der Waals surface area contributed by atoms with Gasteiger partial charge in [-0.05, 0) is 49.7 Å². The topological polar surface area (TPSA) is 108 Å². The molecule has 1 aliphatic rings. The van der Waals surface area contributed by atoms with Gasteiger partial charge in [-0.1, -0.05) is 12.1 Å². The minimum Gasteiger partial charge on any atom is -0.490 e. The van der Waals surface area contributed by atoms with Gasteiger partial charge in [0.1, 0.15) is 12.7 Å². The Hall–Kier alpha value is -3.92. The molecule has 1 N–H and O–H groups in total. The van der Waals surface area contributed by atoms with E-state index in [1.807, 2.05) is 38.1 Å². The van der Waals surface area contributed by atoms with Gasteiger partial charge in [-0.15, -0.1) is 0 Å². The number of carbonyl (C=O) groups is 2. The minimum absolute atomic E-state index is 0.104. The number of aromatic nitrogens is 3. The van der Waals surface area contributed by atoms with Crippen LogP contribution in [-0.2, 0) is 9.53 Å². The van der Waals surface area contributed by atoms with E-state index in [2.05, 4.69) is 15.4 Å². The van der Waals surface area contributed by atoms with Gasteiger partial charge in [-0.3, -0.25) is 9.59 Å². The zero-order chi connectivity index (χ0) is 24.6. The number of hydrogen-bond donors (Lipinski definition) is 1. The predicted octanol–water partition coefficient (Wildman–Crippen LogP) is 2.39. The Labute approximate surface area is 203 Å². The first-order chi connectivity index (χ1) is 17.0. The number of amides is 2. The van der Waals surface area contributed by atoms with Crippen LogP contribution in [0, 0.1) is 0 Å². The van der Waals surface area contributed by atoms with Gasteiger partial charge < -0.3 is 24.4 Å². The second-order valence-electron chi connectivity index (χ2n) is 8.00. The van der Waals surface area contributed by atoms with Gasteiger partial charge in [-0.2, -0.15) is 5.10 Å². The fraction of sp³-hybridized carbons (Fsp3) is 0.360. The Balaban J connectivity index is 1.38. The molecule has 0 saturated carbocycles. The number of nitrogens with zero attached hydrogens (tertiary/aromatic N) is 4. The van der Waals surface area contributed by atoms with Crippen molar-refractivity contribution in [2.45, 2.75) is 19.9 Å². The third kappa shape index (κ3) is 6.15. The highest BCUT2D eigenvalue weighted by molar-refractivity contribution is 5.95. The van der Waals surface area contributed by atoms with E-state index in [4.69, 9.17) is 14.2 Å². The molecule has 3 aromatic rings. The van der Waals surface area contributed by atoms with Crippen molar-refractivity contribution < 1.29 is 23.8 Å². The van der Waals surface area contributed by atoms with Crippen LogP contribution in [0.3, 0.4) is 0 Å². The molecular weight excluding hydrogens is 450 g/mol. The highest BCUT2D eigenvalue weighted by Gasteiger charge is 2.19. The lowest BCUT2D eigenvalue weighted by Gasteiger charge is -2.26. The molecule has 4 rings (SSSR count). The maximum Gasteiger partial charge on any atom is 0.260 e. The van der Waals surface area contributed by atoms with E-state index in [9.17, 15) is 9.59 Å². The van der Waals surface area contributed by atoms with E-state index in [1.165, 1.54) is 6.33 Å². The number of nitrogens with one attached hydrogen (secondary N) is 1. The summed E-state index contributed by atoms with van der Waals surface area (Å²) in [5, 5.41) is 7.12. The molecule has 2 heterocycles. The van der Waals surface area contributed by atoms with E-state index in [1.54, 1.807) is 34.1 Å². The average Bonchev–Trinajstić information content (AvgIpc) is 3.43. The lowest BCUT2D eigenvalue weighted by Crippen LogP contribution is -2.43. The molecule has 1 aliphatic heterocycles. The normalized spacial score (nSPS) is 14.3. The van der Waals surface area contributed by atoms with Crippen LogP contribution >= 0.6 is 0 Å². The monoisotopic (exact) mass is 479 g/mol. The van der Waals surface area contributed by atoms with Gasteiger partial charge in [0.2, 0.25) is 0 Å². The summed E-state index contributed by atoms with van der Waals surface area (Å²) in [5.74, 6) is 0.484. The van der Waals surface area contributed by atoms with Crippen molar-refractivity contribution in [3.63, 3.8) is 0 Å². The zero-order valence-corrected chi connectivity index (χ0v) is 19.8. The molecule has 0 spiro atoms. The molecule has 0 bridgehead atoms. The number of morpholine rings is 1. The van der Waals surface area contributed by atoms with Crippen LogP contribution in [0.25, 0.3) is 5.69 Å². The van der Waals surface area contributed by atoms with Gasteiger partial charge in [0.25, 0.3) is 11.8 Å². The van der Waals surface area contributed by atoms with Crippen molar-refractivity contribution in [3.8, 4) is 17.2 Å². The molecule has 1 atom stereocenters. The number of benzene rings is 2. The third-order valence-corrected chi connectivity index (χ3v) is 5.64. The van der Waals surface area contributed by atoms with E-state index in [0.29, 0.717) is 50.0 Å². The quantitative estimate of drug-likeness (QED) is 0.502. The first kappa shape index (κ1) is 24.2. The summed E-state index contributed by atoms with van der Waals surface area (Å²) in [6.45, 7) is 6.23. The summed E-state index contributed by atoms with van der Waals surface area (Å²) in [7, 11) is 0. The SMILES string of the molecule is CCOc1cc(C(=O)N[C@@H](C)c2ccc(-n3cncn3)cc2)ccc1OCC(=O)N1CCOCC1. The number of rotatable bonds is 9. The van der Waals surface area contributed by atoms with Crippen molar-refractivity contribution in [1.82, 2.24) is 25.0 Å². The Morgan fingerprint density at radius 3 is 2.54 bits per heavy atom. The van der Waals surface area contributed by atoms with Crippen molar-refractivity contribution in [2.24, 2.45) is 0 Å². The van der Waals surface area contributed by atoms with Crippen molar-refractivity contribution in [3.05, 3.63) is 66.2 Å². The zero-order valence-electron chi connectivity index (χ0n) is 19.8. The molecule has 35 heavy (non-hydrogen) atoms. The van der Waals surface area contributed by atoms with E-state index in [-0.39, 0.29) is 24.5 Å². The summed E-state index contributed by atoms with van der Waals surface area (Å²) in [6.07, 6.45) is 3.10. The second kappa shape index (κ2) is 11.5. The number of carbonyl (C=O) groups excluding carboxylic acids is 2. The van der Waals surface area contributed by atoms with E-state index in [0.717, 1.165) is 11.3 Å². The van der Waals surface area contributed by atoms with Crippen LogP contribution in [0.15, 0.2) is 55.1 Å². The predicted molar refractivity (Wildman–Crippen MR) is 128 cm³/mol.